The van der Waals surface area contributed by atoms with E-state index in [0.717, 1.165) is 0 Å². The number of carbonyl (C=O) groups excluding carboxylic acids is 2. The average molecular weight is 234 g/mol. The predicted octanol–water partition coefficient (Wildman–Crippen LogP) is 1.88. The molecule has 0 aliphatic carbocycles. The summed E-state index contributed by atoms with van der Waals surface area (Å²) in [4.78, 5) is 23.3. The molecule has 0 amide bonds. The van der Waals surface area contributed by atoms with Crippen molar-refractivity contribution in [1.29, 1.82) is 0 Å². The minimum Gasteiger partial charge on any atom is -0.493 e. The third kappa shape index (κ3) is 2.13. The van der Waals surface area contributed by atoms with Gasteiger partial charge in [0, 0.05) is 0 Å². The van der Waals surface area contributed by atoms with Gasteiger partial charge in [-0.25, -0.2) is 9.59 Å². The van der Waals surface area contributed by atoms with E-state index in [1.807, 2.05) is 0 Å². The van der Waals surface area contributed by atoms with Crippen molar-refractivity contribution in [1.82, 2.24) is 0 Å². The lowest BCUT2D eigenvalue weighted by atomic mass is 10.1. The number of benzene rings is 1. The third-order valence-electron chi connectivity index (χ3n) is 2.15. The van der Waals surface area contributed by atoms with Crippen molar-refractivity contribution >= 4 is 11.9 Å². The third-order valence-corrected chi connectivity index (χ3v) is 2.15. The zero-order valence-corrected chi connectivity index (χ0v) is 9.19. The van der Waals surface area contributed by atoms with Crippen LogP contribution in [-0.2, 0) is 9.47 Å². The Morgan fingerprint density at radius 3 is 2.65 bits per heavy atom. The van der Waals surface area contributed by atoms with Gasteiger partial charge in [0.2, 0.25) is 0 Å². The Kier molecular flexibility index (Phi) is 2.82. The van der Waals surface area contributed by atoms with Crippen LogP contribution in [0.15, 0.2) is 30.7 Å². The van der Waals surface area contributed by atoms with Crippen molar-refractivity contribution in [2.24, 2.45) is 0 Å². The fourth-order valence-electron chi connectivity index (χ4n) is 1.43. The lowest BCUT2D eigenvalue weighted by Gasteiger charge is -2.07. The molecule has 0 radical (unpaired) electrons. The van der Waals surface area contributed by atoms with Crippen LogP contribution >= 0.6 is 0 Å². The van der Waals surface area contributed by atoms with Gasteiger partial charge >= 0.3 is 11.9 Å². The molecule has 0 atom stereocenters. The minimum atomic E-state index is -0.667. The van der Waals surface area contributed by atoms with Gasteiger partial charge in [-0.3, -0.25) is 0 Å². The topological polar surface area (TPSA) is 61.8 Å². The van der Waals surface area contributed by atoms with Crippen molar-refractivity contribution in [3.63, 3.8) is 0 Å². The smallest absolute Gasteiger partial charge is 0.349 e. The van der Waals surface area contributed by atoms with Gasteiger partial charge in [-0.1, -0.05) is 0 Å². The van der Waals surface area contributed by atoms with E-state index < -0.39 is 11.9 Å². The highest BCUT2D eigenvalue weighted by Crippen LogP contribution is 2.25. The number of ether oxygens (including phenoxy) is 3. The number of fused-ring (bicyclic) bond motifs is 6. The maximum Gasteiger partial charge on any atom is 0.349 e. The minimum absolute atomic E-state index is 0.232. The Morgan fingerprint density at radius 1 is 1.24 bits per heavy atom. The van der Waals surface area contributed by atoms with E-state index in [2.05, 4.69) is 6.58 Å². The molecule has 0 saturated carbocycles. The molecular weight excluding hydrogens is 224 g/mol. The number of esters is 2. The maximum absolute atomic E-state index is 11.7. The lowest BCUT2D eigenvalue weighted by molar-refractivity contribution is 0.0246. The molecule has 1 aromatic rings. The van der Waals surface area contributed by atoms with E-state index in [0.29, 0.717) is 12.4 Å². The normalized spacial score (nSPS) is 14.5. The number of rotatable bonds is 2. The van der Waals surface area contributed by atoms with Crippen LogP contribution in [0.4, 0.5) is 0 Å². The molecule has 0 unspecified atom stereocenters. The fraction of sp³-hybridized carbons (Fsp3) is 0.167. The molecule has 2 heterocycles. The van der Waals surface area contributed by atoms with Crippen LogP contribution < -0.4 is 4.74 Å². The highest BCUT2D eigenvalue weighted by Gasteiger charge is 2.23. The molecule has 0 aromatic heterocycles. The Labute approximate surface area is 97.6 Å². The average Bonchev–Trinajstić information content (AvgIpc) is 2.34. The number of carbonyl (C=O) groups is 2. The second-order valence-electron chi connectivity index (χ2n) is 3.29. The molecule has 3 rings (SSSR count). The van der Waals surface area contributed by atoms with Crippen molar-refractivity contribution in [2.45, 2.75) is 6.92 Å². The molecule has 5 heteroatoms. The first-order valence-electron chi connectivity index (χ1n) is 5.02. The molecular formula is C12H10O5. The van der Waals surface area contributed by atoms with Crippen molar-refractivity contribution in [3.05, 3.63) is 41.9 Å². The Bertz CT molecular complexity index is 504. The van der Waals surface area contributed by atoms with Gasteiger partial charge in [-0.15, -0.1) is 0 Å². The van der Waals surface area contributed by atoms with Crippen LogP contribution in [0.25, 0.3) is 0 Å². The Hall–Kier alpha value is -2.30. The summed E-state index contributed by atoms with van der Waals surface area (Å²) in [6, 6.07) is 4.38. The summed E-state index contributed by atoms with van der Waals surface area (Å²) in [7, 11) is 0. The second-order valence-corrected chi connectivity index (χ2v) is 3.29. The van der Waals surface area contributed by atoms with Crippen LogP contribution in [0.2, 0.25) is 0 Å². The molecule has 0 N–H and O–H groups in total. The first-order chi connectivity index (χ1) is 8.11. The van der Waals surface area contributed by atoms with E-state index >= 15 is 0 Å². The summed E-state index contributed by atoms with van der Waals surface area (Å²) in [5, 5.41) is 0. The SMILES string of the molecule is C=C1OC(=O)c2ccc(c(OCC)c2)C(=O)O1. The van der Waals surface area contributed by atoms with E-state index in [-0.39, 0.29) is 17.1 Å². The molecule has 2 bridgehead atoms. The summed E-state index contributed by atoms with van der Waals surface area (Å²) < 4.78 is 14.7. The summed E-state index contributed by atoms with van der Waals surface area (Å²) >= 11 is 0. The summed E-state index contributed by atoms with van der Waals surface area (Å²) in [6.45, 7) is 5.47. The predicted molar refractivity (Wildman–Crippen MR) is 57.6 cm³/mol. The number of hydrogen-bond acceptors (Lipinski definition) is 5. The summed E-state index contributed by atoms with van der Waals surface area (Å²) in [5.74, 6) is -1.36. The van der Waals surface area contributed by atoms with Gasteiger partial charge in [0.25, 0.3) is 5.95 Å². The van der Waals surface area contributed by atoms with Crippen LogP contribution in [-0.4, -0.2) is 18.5 Å². The molecule has 1 aromatic carbocycles. The van der Waals surface area contributed by atoms with Gasteiger partial charge < -0.3 is 14.2 Å². The highest BCUT2D eigenvalue weighted by atomic mass is 16.7. The first kappa shape index (κ1) is 11.2. The maximum atomic E-state index is 11.7. The van der Waals surface area contributed by atoms with Gasteiger partial charge in [0.15, 0.2) is 0 Å². The van der Waals surface area contributed by atoms with Crippen molar-refractivity contribution in [3.8, 4) is 5.75 Å². The molecule has 88 valence electrons. The molecule has 17 heavy (non-hydrogen) atoms. The van der Waals surface area contributed by atoms with E-state index in [9.17, 15) is 9.59 Å². The zero-order valence-electron chi connectivity index (χ0n) is 9.19. The monoisotopic (exact) mass is 234 g/mol. The Morgan fingerprint density at radius 2 is 1.94 bits per heavy atom. The van der Waals surface area contributed by atoms with Gasteiger partial charge in [-0.2, -0.15) is 0 Å². The van der Waals surface area contributed by atoms with Crippen LogP contribution in [0, 0.1) is 0 Å². The largest absolute Gasteiger partial charge is 0.493 e. The first-order valence-corrected chi connectivity index (χ1v) is 5.02. The van der Waals surface area contributed by atoms with Crippen LogP contribution in [0.5, 0.6) is 5.75 Å². The quantitative estimate of drug-likeness (QED) is 0.731. The van der Waals surface area contributed by atoms with Crippen molar-refractivity contribution in [2.75, 3.05) is 6.61 Å². The molecule has 0 fully saturated rings. The van der Waals surface area contributed by atoms with Crippen LogP contribution in [0.3, 0.4) is 0 Å². The molecule has 0 spiro atoms. The summed E-state index contributed by atoms with van der Waals surface area (Å²) in [5.41, 5.74) is 0.506. The standard InChI is InChI=1S/C12H10O5/c1-3-15-10-6-8-4-5-9(10)12(14)17-7(2)16-11(8)13/h4-6H,2-3H2,1H3. The fourth-order valence-corrected chi connectivity index (χ4v) is 1.43. The van der Waals surface area contributed by atoms with E-state index in [4.69, 9.17) is 14.2 Å². The zero-order chi connectivity index (χ0) is 12.4. The molecule has 5 nitrogen and oxygen atoms in total. The Balaban J connectivity index is 2.53. The van der Waals surface area contributed by atoms with E-state index in [1.165, 1.54) is 18.2 Å². The highest BCUT2D eigenvalue weighted by molar-refractivity contribution is 5.97. The van der Waals surface area contributed by atoms with Crippen molar-refractivity contribution < 1.29 is 23.8 Å². The molecule has 2 aliphatic rings. The van der Waals surface area contributed by atoms with Gasteiger partial charge in [0.05, 0.1) is 12.2 Å². The second kappa shape index (κ2) is 4.29. The molecule has 2 aliphatic heterocycles. The summed E-state index contributed by atoms with van der Waals surface area (Å²) in [6.07, 6.45) is 0. The van der Waals surface area contributed by atoms with Gasteiger partial charge in [-0.05, 0) is 31.7 Å². The van der Waals surface area contributed by atoms with Crippen LogP contribution in [0.1, 0.15) is 27.6 Å². The number of hydrogen-bond donors (Lipinski definition) is 0. The molecule has 0 saturated heterocycles. The van der Waals surface area contributed by atoms with E-state index in [1.54, 1.807) is 6.92 Å². The lowest BCUT2D eigenvalue weighted by Crippen LogP contribution is -2.08. The van der Waals surface area contributed by atoms with Gasteiger partial charge in [0.1, 0.15) is 11.3 Å².